The van der Waals surface area contributed by atoms with Crippen LogP contribution in [0.25, 0.3) is 0 Å². The largest absolute Gasteiger partial charge is 0.396 e. The van der Waals surface area contributed by atoms with Crippen LogP contribution in [0.3, 0.4) is 0 Å². The Kier molecular flexibility index (Phi) is 5.44. The van der Waals surface area contributed by atoms with Crippen LogP contribution >= 0.6 is 0 Å². The van der Waals surface area contributed by atoms with E-state index in [1.54, 1.807) is 18.2 Å². The Labute approximate surface area is 147 Å². The quantitative estimate of drug-likeness (QED) is 0.842. The monoisotopic (exact) mass is 340 g/mol. The molecular weight excluding hydrogens is 319 g/mol. The molecule has 3 rings (SSSR count). The number of ether oxygens (including phenoxy) is 1. The second-order valence-corrected chi connectivity index (χ2v) is 6.73. The van der Waals surface area contributed by atoms with Crippen LogP contribution in [0.2, 0.25) is 0 Å². The predicted molar refractivity (Wildman–Crippen MR) is 92.0 cm³/mol. The van der Waals surface area contributed by atoms with Crippen molar-refractivity contribution in [1.82, 2.24) is 4.90 Å². The van der Waals surface area contributed by atoms with Gasteiger partial charge in [0.1, 0.15) is 5.82 Å². The van der Waals surface area contributed by atoms with Gasteiger partial charge in [0.15, 0.2) is 0 Å². The number of nitriles is 1. The molecule has 0 unspecified atom stereocenters. The van der Waals surface area contributed by atoms with Gasteiger partial charge in [0.05, 0.1) is 36.9 Å². The van der Waals surface area contributed by atoms with Crippen LogP contribution in [-0.2, 0) is 17.8 Å². The van der Waals surface area contributed by atoms with Crippen molar-refractivity contribution in [2.45, 2.75) is 13.1 Å². The van der Waals surface area contributed by atoms with Crippen molar-refractivity contribution in [2.24, 2.45) is 5.41 Å². The highest BCUT2D eigenvalue weighted by Crippen LogP contribution is 2.29. The van der Waals surface area contributed by atoms with Gasteiger partial charge in [0, 0.05) is 19.6 Å². The van der Waals surface area contributed by atoms with Crippen LogP contribution in [-0.4, -0.2) is 36.4 Å². The maximum Gasteiger partial charge on any atom is 0.123 e. The summed E-state index contributed by atoms with van der Waals surface area (Å²) in [6, 6.07) is 16.1. The minimum atomic E-state index is -0.250. The van der Waals surface area contributed by atoms with Crippen LogP contribution in [0.15, 0.2) is 48.5 Å². The van der Waals surface area contributed by atoms with E-state index in [9.17, 15) is 9.50 Å². The lowest BCUT2D eigenvalue weighted by atomic mass is 9.86. The van der Waals surface area contributed by atoms with Crippen LogP contribution in [0, 0.1) is 22.6 Å². The summed E-state index contributed by atoms with van der Waals surface area (Å²) in [5.74, 6) is -0.250. The third-order valence-electron chi connectivity index (χ3n) is 4.50. The average Bonchev–Trinajstić information content (AvgIpc) is 2.59. The van der Waals surface area contributed by atoms with Crippen molar-refractivity contribution in [3.8, 4) is 6.07 Å². The molecule has 1 fully saturated rings. The smallest absolute Gasteiger partial charge is 0.123 e. The normalized spacial score (nSPS) is 15.6. The van der Waals surface area contributed by atoms with E-state index in [1.165, 1.54) is 12.1 Å². The Morgan fingerprint density at radius 1 is 1.12 bits per heavy atom. The van der Waals surface area contributed by atoms with Gasteiger partial charge in [-0.3, -0.25) is 4.90 Å². The fraction of sp³-hybridized carbons (Fsp3) is 0.350. The van der Waals surface area contributed by atoms with Gasteiger partial charge in [0.25, 0.3) is 0 Å². The van der Waals surface area contributed by atoms with Crippen molar-refractivity contribution >= 4 is 0 Å². The van der Waals surface area contributed by atoms with E-state index >= 15 is 0 Å². The van der Waals surface area contributed by atoms with Crippen LogP contribution in [0.1, 0.15) is 16.7 Å². The lowest BCUT2D eigenvalue weighted by Gasteiger charge is -2.43. The summed E-state index contributed by atoms with van der Waals surface area (Å²) < 4.78 is 18.8. The molecule has 1 aliphatic heterocycles. The molecule has 2 aromatic rings. The number of aliphatic hydroxyl groups is 1. The zero-order valence-corrected chi connectivity index (χ0v) is 14.0. The zero-order valence-electron chi connectivity index (χ0n) is 14.0. The van der Waals surface area contributed by atoms with Crippen molar-refractivity contribution in [3.05, 3.63) is 71.0 Å². The molecule has 0 saturated carbocycles. The van der Waals surface area contributed by atoms with E-state index in [1.807, 2.05) is 18.2 Å². The molecule has 25 heavy (non-hydrogen) atoms. The minimum Gasteiger partial charge on any atom is -0.396 e. The number of aliphatic hydroxyl groups excluding tert-OH is 1. The minimum absolute atomic E-state index is 0.0695. The second kappa shape index (κ2) is 7.75. The van der Waals surface area contributed by atoms with Crippen LogP contribution in [0.5, 0.6) is 0 Å². The van der Waals surface area contributed by atoms with Crippen molar-refractivity contribution < 1.29 is 14.2 Å². The Morgan fingerprint density at radius 3 is 2.40 bits per heavy atom. The van der Waals surface area contributed by atoms with Gasteiger partial charge in [-0.15, -0.1) is 0 Å². The molecule has 1 heterocycles. The number of benzene rings is 2. The molecule has 0 atom stereocenters. The van der Waals surface area contributed by atoms with Gasteiger partial charge in [-0.2, -0.15) is 5.26 Å². The van der Waals surface area contributed by atoms with Crippen molar-refractivity contribution in [1.29, 1.82) is 5.26 Å². The summed E-state index contributed by atoms with van der Waals surface area (Å²) in [7, 11) is 0. The molecule has 4 nitrogen and oxygen atoms in total. The maximum atomic E-state index is 13.5. The molecule has 0 aliphatic carbocycles. The first kappa shape index (κ1) is 17.6. The van der Waals surface area contributed by atoms with Gasteiger partial charge in [0.2, 0.25) is 0 Å². The number of halogens is 1. The van der Waals surface area contributed by atoms with Gasteiger partial charge >= 0.3 is 0 Å². The van der Waals surface area contributed by atoms with Crippen molar-refractivity contribution in [2.75, 3.05) is 26.4 Å². The molecule has 0 radical (unpaired) electrons. The molecule has 2 aromatic carbocycles. The van der Waals surface area contributed by atoms with Crippen molar-refractivity contribution in [3.63, 3.8) is 0 Å². The van der Waals surface area contributed by atoms with E-state index < -0.39 is 0 Å². The van der Waals surface area contributed by atoms with E-state index in [0.717, 1.165) is 11.1 Å². The molecule has 0 aromatic heterocycles. The van der Waals surface area contributed by atoms with E-state index in [4.69, 9.17) is 10.00 Å². The van der Waals surface area contributed by atoms with Gasteiger partial charge in [-0.1, -0.05) is 24.3 Å². The summed E-state index contributed by atoms with van der Waals surface area (Å²) in [4.78, 5) is 2.19. The second-order valence-electron chi connectivity index (χ2n) is 6.73. The maximum absolute atomic E-state index is 13.5. The number of hydrogen-bond acceptors (Lipinski definition) is 4. The topological polar surface area (TPSA) is 56.5 Å². The Balaban J connectivity index is 1.76. The van der Waals surface area contributed by atoms with Crippen LogP contribution in [0.4, 0.5) is 4.39 Å². The Bertz CT molecular complexity index is 746. The summed E-state index contributed by atoms with van der Waals surface area (Å²) in [6.45, 7) is 3.05. The third-order valence-corrected chi connectivity index (χ3v) is 4.50. The zero-order chi connectivity index (χ0) is 17.7. The van der Waals surface area contributed by atoms with Gasteiger partial charge in [-0.25, -0.2) is 4.39 Å². The van der Waals surface area contributed by atoms with E-state index in [-0.39, 0.29) is 17.8 Å². The Morgan fingerprint density at radius 2 is 1.84 bits per heavy atom. The molecule has 1 saturated heterocycles. The number of nitrogens with zero attached hydrogens (tertiary/aromatic N) is 2. The molecular formula is C20H21FN2O2. The van der Waals surface area contributed by atoms with E-state index in [0.29, 0.717) is 38.4 Å². The highest BCUT2D eigenvalue weighted by molar-refractivity contribution is 5.31. The number of hydrogen-bond donors (Lipinski definition) is 1. The lowest BCUT2D eigenvalue weighted by molar-refractivity contribution is -0.150. The fourth-order valence-corrected chi connectivity index (χ4v) is 3.10. The predicted octanol–water partition coefficient (Wildman–Crippen LogP) is 2.71. The fourth-order valence-electron chi connectivity index (χ4n) is 3.10. The summed E-state index contributed by atoms with van der Waals surface area (Å²) in [5, 5.41) is 18.6. The number of rotatable bonds is 7. The Hall–Kier alpha value is -2.26. The molecule has 130 valence electrons. The highest BCUT2D eigenvalue weighted by Gasteiger charge is 2.39. The molecule has 0 bridgehead atoms. The molecule has 0 amide bonds. The first-order valence-electron chi connectivity index (χ1n) is 8.27. The molecule has 1 N–H and O–H groups in total. The standard InChI is InChI=1S/C20H21FN2O2/c21-19-3-1-2-18(8-19)11-23(12-20(13-24)14-25-15-20)10-17-6-4-16(9-22)5-7-17/h1-8,24H,10-15H2. The SMILES string of the molecule is N#Cc1ccc(CN(Cc2cccc(F)c2)CC2(CO)COC2)cc1. The first-order chi connectivity index (χ1) is 12.1. The first-order valence-corrected chi connectivity index (χ1v) is 8.27. The van der Waals surface area contributed by atoms with Gasteiger partial charge < -0.3 is 9.84 Å². The molecule has 1 aliphatic rings. The lowest BCUT2D eigenvalue weighted by Crippen LogP contribution is -2.53. The molecule has 0 spiro atoms. The van der Waals surface area contributed by atoms with Gasteiger partial charge in [-0.05, 0) is 35.4 Å². The third kappa shape index (κ3) is 4.43. The highest BCUT2D eigenvalue weighted by atomic mass is 19.1. The molecule has 5 heteroatoms. The van der Waals surface area contributed by atoms with Crippen LogP contribution < -0.4 is 0 Å². The summed E-state index contributed by atoms with van der Waals surface area (Å²) in [5.41, 5.74) is 2.34. The summed E-state index contributed by atoms with van der Waals surface area (Å²) >= 11 is 0. The van der Waals surface area contributed by atoms with E-state index in [2.05, 4.69) is 11.0 Å². The average molecular weight is 340 g/mol. The summed E-state index contributed by atoms with van der Waals surface area (Å²) in [6.07, 6.45) is 0.